The fourth-order valence-corrected chi connectivity index (χ4v) is 0.439. The minimum absolute atomic E-state index is 0.0168. The number of nitrogens with two attached hydrogens (primary N) is 1. The van der Waals surface area contributed by atoms with Crippen LogP contribution in [0.15, 0.2) is 12.0 Å². The zero-order chi connectivity index (χ0) is 5.70. The summed E-state index contributed by atoms with van der Waals surface area (Å²) in [5.41, 5.74) is 2.05. The molecule has 0 heterocycles. The average molecular weight is 167 g/mol. The summed E-state index contributed by atoms with van der Waals surface area (Å²) in [4.78, 5) is 0. The quantitative estimate of drug-likeness (QED) is 0.239. The first-order valence-electron chi connectivity index (χ1n) is 1.73. The van der Waals surface area contributed by atoms with E-state index >= 15 is 0 Å². The van der Waals surface area contributed by atoms with E-state index in [1.165, 1.54) is 6.08 Å². The molecule has 0 radical (unpaired) electrons. The van der Waals surface area contributed by atoms with Crippen LogP contribution in [0, 0.1) is 0 Å². The Morgan fingerprint density at radius 3 is 2.71 bits per heavy atom. The third kappa shape index (κ3) is 3.61. The summed E-state index contributed by atoms with van der Waals surface area (Å²) in [6.45, 7) is 0. The van der Waals surface area contributed by atoms with Crippen LogP contribution in [0.2, 0.25) is 0 Å². The van der Waals surface area contributed by atoms with Crippen LogP contribution in [0.1, 0.15) is 0 Å². The highest BCUT2D eigenvalue weighted by Crippen LogP contribution is 1.83. The number of allylic oxidation sites excluding steroid dienone is 1. The lowest BCUT2D eigenvalue weighted by molar-refractivity contribution is 0.366. The number of aliphatic hydroxyl groups excluding tert-OH is 1. The van der Waals surface area contributed by atoms with Gasteiger partial charge in [0.1, 0.15) is 0 Å². The average Bonchev–Trinajstić information content (AvgIpc) is 1.68. The van der Waals surface area contributed by atoms with Gasteiger partial charge in [-0.2, -0.15) is 0 Å². The van der Waals surface area contributed by atoms with E-state index in [0.29, 0.717) is 5.33 Å². The Bertz CT molecular complexity index is 73.3. The summed E-state index contributed by atoms with van der Waals surface area (Å²) in [6, 6.07) is 0. The van der Waals surface area contributed by atoms with Gasteiger partial charge in [0, 0.05) is 5.33 Å². The van der Waals surface area contributed by atoms with Gasteiger partial charge in [-0.15, -0.1) is 0 Å². The maximum absolute atomic E-state index is 8.45. The van der Waals surface area contributed by atoms with Crippen LogP contribution in [0.4, 0.5) is 0 Å². The van der Waals surface area contributed by atoms with E-state index < -0.39 is 0 Å². The Balaban J connectivity index is 3.29. The monoisotopic (exact) mass is 166 g/mol. The Kier molecular flexibility index (Phi) is 3.83. The summed E-state index contributed by atoms with van der Waals surface area (Å²) in [7, 11) is 0. The van der Waals surface area contributed by atoms with Crippen molar-refractivity contribution in [3.05, 3.63) is 12.0 Å². The van der Waals surface area contributed by atoms with E-state index in [1.807, 2.05) is 0 Å². The summed E-state index contributed by atoms with van der Waals surface area (Å²) in [5, 5.41) is 9.05. The number of halogens is 1. The van der Waals surface area contributed by atoms with Crippen molar-refractivity contribution >= 4 is 15.9 Å². The van der Waals surface area contributed by atoms with Gasteiger partial charge in [0.2, 0.25) is 0 Å². The maximum Gasteiger partial charge on any atom is 0.195 e. The van der Waals surface area contributed by atoms with Crippen LogP contribution in [0.3, 0.4) is 0 Å². The van der Waals surface area contributed by atoms with Gasteiger partial charge in [-0.25, -0.2) is 5.84 Å². The minimum Gasteiger partial charge on any atom is -0.494 e. The second-order valence-corrected chi connectivity index (χ2v) is 1.54. The van der Waals surface area contributed by atoms with Gasteiger partial charge in [0.05, 0.1) is 0 Å². The number of nitrogens with one attached hydrogen (secondary N) is 1. The molecule has 3 nitrogen and oxygen atoms in total. The zero-order valence-corrected chi connectivity index (χ0v) is 5.27. The molecule has 0 fully saturated rings. The first-order chi connectivity index (χ1) is 3.31. The molecule has 0 aliphatic heterocycles. The second-order valence-electron chi connectivity index (χ2n) is 0.888. The molecule has 0 saturated carbocycles. The fourth-order valence-electron chi connectivity index (χ4n) is 0.132. The summed E-state index contributed by atoms with van der Waals surface area (Å²) in [6.07, 6.45) is 1.50. The molecule has 0 aromatic carbocycles. The Labute approximate surface area is 50.3 Å². The van der Waals surface area contributed by atoms with Crippen molar-refractivity contribution < 1.29 is 5.11 Å². The van der Waals surface area contributed by atoms with Gasteiger partial charge in [-0.05, 0) is 6.08 Å². The number of hydrazine groups is 1. The molecule has 0 amide bonds. The smallest absolute Gasteiger partial charge is 0.195 e. The van der Waals surface area contributed by atoms with Crippen LogP contribution in [0.25, 0.3) is 0 Å². The standard InChI is InChI=1S/C3H7BrN2O/c4-2-1-3(7)6-5/h1,6-7H,2,5H2/b3-1-. The molecule has 0 saturated heterocycles. The Morgan fingerprint density at radius 2 is 2.57 bits per heavy atom. The van der Waals surface area contributed by atoms with E-state index in [4.69, 9.17) is 10.9 Å². The van der Waals surface area contributed by atoms with E-state index in [-0.39, 0.29) is 5.88 Å². The molecule has 0 aliphatic carbocycles. The number of hydrogen-bond donors (Lipinski definition) is 3. The molecule has 0 aliphatic rings. The molecule has 0 aromatic rings. The van der Waals surface area contributed by atoms with Gasteiger partial charge >= 0.3 is 0 Å². The molecule has 0 spiro atoms. The predicted octanol–water partition coefficient (Wildman–Crippen LogP) is 0.244. The van der Waals surface area contributed by atoms with Crippen molar-refractivity contribution in [1.29, 1.82) is 0 Å². The van der Waals surface area contributed by atoms with Crippen molar-refractivity contribution in [2.45, 2.75) is 0 Å². The second kappa shape index (κ2) is 3.95. The normalized spacial score (nSPS) is 11.4. The largest absolute Gasteiger partial charge is 0.494 e. The lowest BCUT2D eigenvalue weighted by Crippen LogP contribution is -2.20. The Hall–Kier alpha value is -0.220. The predicted molar refractivity (Wildman–Crippen MR) is 31.8 cm³/mol. The first kappa shape index (κ1) is 6.78. The third-order valence-corrected chi connectivity index (χ3v) is 0.742. The van der Waals surface area contributed by atoms with Gasteiger partial charge < -0.3 is 5.11 Å². The lowest BCUT2D eigenvalue weighted by atomic mass is 10.7. The van der Waals surface area contributed by atoms with E-state index in [0.717, 1.165) is 0 Å². The molecule has 4 N–H and O–H groups in total. The van der Waals surface area contributed by atoms with Crippen LogP contribution in [0.5, 0.6) is 0 Å². The van der Waals surface area contributed by atoms with Gasteiger partial charge in [0.25, 0.3) is 0 Å². The maximum atomic E-state index is 8.45. The van der Waals surface area contributed by atoms with E-state index in [2.05, 4.69) is 21.4 Å². The van der Waals surface area contributed by atoms with Crippen molar-refractivity contribution in [3.63, 3.8) is 0 Å². The SMILES string of the molecule is NN/C(O)=C/CBr. The molecular weight excluding hydrogens is 160 g/mol. The fraction of sp³-hybridized carbons (Fsp3) is 0.333. The van der Waals surface area contributed by atoms with Gasteiger partial charge in [0.15, 0.2) is 5.88 Å². The molecule has 0 atom stereocenters. The molecular formula is C3H7BrN2O. The molecule has 42 valence electrons. The number of hydrogen-bond acceptors (Lipinski definition) is 3. The van der Waals surface area contributed by atoms with Gasteiger partial charge in [-0.3, -0.25) is 5.43 Å². The Morgan fingerprint density at radius 1 is 2.00 bits per heavy atom. The van der Waals surface area contributed by atoms with E-state index in [1.54, 1.807) is 0 Å². The molecule has 7 heavy (non-hydrogen) atoms. The number of alkyl halides is 1. The first-order valence-corrected chi connectivity index (χ1v) is 2.85. The molecule has 0 bridgehead atoms. The molecule has 0 unspecified atom stereocenters. The molecule has 0 aromatic heterocycles. The van der Waals surface area contributed by atoms with Crippen LogP contribution in [-0.2, 0) is 0 Å². The topological polar surface area (TPSA) is 58.3 Å². The van der Waals surface area contributed by atoms with Crippen molar-refractivity contribution in [2.75, 3.05) is 5.33 Å². The van der Waals surface area contributed by atoms with Crippen molar-refractivity contribution in [2.24, 2.45) is 5.84 Å². The highest BCUT2D eigenvalue weighted by atomic mass is 79.9. The van der Waals surface area contributed by atoms with Crippen molar-refractivity contribution in [3.8, 4) is 0 Å². The number of rotatable bonds is 2. The van der Waals surface area contributed by atoms with Gasteiger partial charge in [-0.1, -0.05) is 15.9 Å². The number of aliphatic hydroxyl groups is 1. The lowest BCUT2D eigenvalue weighted by Gasteiger charge is -1.91. The summed E-state index contributed by atoms with van der Waals surface area (Å²) in [5.74, 6) is 4.75. The molecule has 0 rings (SSSR count). The highest BCUT2D eigenvalue weighted by molar-refractivity contribution is 9.09. The van der Waals surface area contributed by atoms with Crippen LogP contribution in [-0.4, -0.2) is 10.4 Å². The summed E-state index contributed by atoms with van der Waals surface area (Å²) >= 11 is 3.06. The highest BCUT2D eigenvalue weighted by Gasteiger charge is 1.78. The minimum atomic E-state index is -0.0168. The zero-order valence-electron chi connectivity index (χ0n) is 3.69. The summed E-state index contributed by atoms with van der Waals surface area (Å²) < 4.78 is 0. The molecule has 4 heteroatoms. The van der Waals surface area contributed by atoms with Crippen LogP contribution < -0.4 is 11.3 Å². The van der Waals surface area contributed by atoms with Crippen LogP contribution >= 0.6 is 15.9 Å². The van der Waals surface area contributed by atoms with E-state index in [9.17, 15) is 0 Å². The van der Waals surface area contributed by atoms with Crippen molar-refractivity contribution in [1.82, 2.24) is 5.43 Å². The third-order valence-electron chi connectivity index (χ3n) is 0.418.